The fourth-order valence-electron chi connectivity index (χ4n) is 2.76. The number of carbonyl (C=O) groups is 1. The summed E-state index contributed by atoms with van der Waals surface area (Å²) >= 11 is 0. The maximum Gasteiger partial charge on any atom is 0.414 e. The lowest BCUT2D eigenvalue weighted by molar-refractivity contribution is 0.144. The molecule has 1 amide bonds. The van der Waals surface area contributed by atoms with Crippen molar-refractivity contribution >= 4 is 11.8 Å². The number of hydrogen-bond donors (Lipinski definition) is 0. The summed E-state index contributed by atoms with van der Waals surface area (Å²) in [7, 11) is 0. The van der Waals surface area contributed by atoms with Crippen LogP contribution in [-0.2, 0) is 17.8 Å². The number of benzene rings is 2. The molecule has 21 heavy (non-hydrogen) atoms. The number of aryl methyl sites for hydroxylation is 1. The average molecular weight is 281 g/mol. The average Bonchev–Trinajstić information content (AvgIpc) is 2.53. The summed E-state index contributed by atoms with van der Waals surface area (Å²) in [6.07, 6.45) is 1.72. The van der Waals surface area contributed by atoms with E-state index in [0.29, 0.717) is 6.61 Å². The van der Waals surface area contributed by atoms with E-state index < -0.39 is 0 Å². The molecule has 0 spiro atoms. The van der Waals surface area contributed by atoms with Crippen LogP contribution >= 0.6 is 0 Å². The molecule has 1 heterocycles. The van der Waals surface area contributed by atoms with Gasteiger partial charge < -0.3 is 4.74 Å². The van der Waals surface area contributed by atoms with E-state index in [-0.39, 0.29) is 12.1 Å². The molecule has 3 rings (SSSR count). The second-order valence-electron chi connectivity index (χ2n) is 5.43. The normalized spacial score (nSPS) is 17.2. The summed E-state index contributed by atoms with van der Waals surface area (Å²) < 4.78 is 5.48. The van der Waals surface area contributed by atoms with Crippen molar-refractivity contribution in [3.8, 4) is 0 Å². The van der Waals surface area contributed by atoms with Gasteiger partial charge in [-0.25, -0.2) is 4.79 Å². The minimum atomic E-state index is -0.265. The molecule has 0 saturated carbocycles. The fourth-order valence-corrected chi connectivity index (χ4v) is 2.76. The number of fused-ring (bicyclic) bond motifs is 1. The predicted molar refractivity (Wildman–Crippen MR) is 83.3 cm³/mol. The third-order valence-electron chi connectivity index (χ3n) is 3.93. The standard InChI is InChI=1S/C18H19NO2/c1-14-11-12-16-9-5-6-10-17(16)19(14)18(20)21-13-15-7-3-2-4-8-15/h2-10,14H,11-13H2,1H3. The van der Waals surface area contributed by atoms with Crippen LogP contribution in [0.2, 0.25) is 0 Å². The molecule has 1 atom stereocenters. The largest absolute Gasteiger partial charge is 0.444 e. The second-order valence-corrected chi connectivity index (χ2v) is 5.43. The quantitative estimate of drug-likeness (QED) is 0.827. The maximum atomic E-state index is 12.4. The van der Waals surface area contributed by atoms with Gasteiger partial charge in [0.1, 0.15) is 6.61 Å². The van der Waals surface area contributed by atoms with Crippen molar-refractivity contribution in [2.75, 3.05) is 4.90 Å². The smallest absolute Gasteiger partial charge is 0.414 e. The Kier molecular flexibility index (Phi) is 3.91. The van der Waals surface area contributed by atoms with Gasteiger partial charge in [0, 0.05) is 6.04 Å². The van der Waals surface area contributed by atoms with Crippen molar-refractivity contribution in [1.29, 1.82) is 0 Å². The third-order valence-corrected chi connectivity index (χ3v) is 3.93. The monoisotopic (exact) mass is 281 g/mol. The number of para-hydroxylation sites is 1. The molecule has 0 fully saturated rings. The minimum absolute atomic E-state index is 0.170. The zero-order valence-corrected chi connectivity index (χ0v) is 12.2. The van der Waals surface area contributed by atoms with Crippen molar-refractivity contribution in [2.24, 2.45) is 0 Å². The van der Waals surface area contributed by atoms with Crippen molar-refractivity contribution in [2.45, 2.75) is 32.4 Å². The summed E-state index contributed by atoms with van der Waals surface area (Å²) in [6.45, 7) is 2.38. The number of anilines is 1. The Balaban J connectivity index is 1.75. The van der Waals surface area contributed by atoms with Crippen LogP contribution in [-0.4, -0.2) is 12.1 Å². The zero-order valence-electron chi connectivity index (χ0n) is 12.2. The topological polar surface area (TPSA) is 29.5 Å². The Morgan fingerprint density at radius 1 is 1.14 bits per heavy atom. The molecule has 2 aromatic carbocycles. The Morgan fingerprint density at radius 2 is 1.86 bits per heavy atom. The zero-order chi connectivity index (χ0) is 14.7. The van der Waals surface area contributed by atoms with Crippen LogP contribution in [0.3, 0.4) is 0 Å². The maximum absolute atomic E-state index is 12.4. The molecule has 0 aromatic heterocycles. The molecule has 1 aliphatic rings. The van der Waals surface area contributed by atoms with Gasteiger partial charge in [0.2, 0.25) is 0 Å². The minimum Gasteiger partial charge on any atom is -0.444 e. The lowest BCUT2D eigenvalue weighted by atomic mass is 9.97. The van der Waals surface area contributed by atoms with E-state index >= 15 is 0 Å². The molecule has 0 N–H and O–H groups in total. The predicted octanol–water partition coefficient (Wildman–Crippen LogP) is 4.16. The van der Waals surface area contributed by atoms with Crippen molar-refractivity contribution in [3.05, 3.63) is 65.7 Å². The lowest BCUT2D eigenvalue weighted by Crippen LogP contribution is -2.42. The highest BCUT2D eigenvalue weighted by molar-refractivity contribution is 5.89. The van der Waals surface area contributed by atoms with E-state index in [1.165, 1.54) is 5.56 Å². The number of amides is 1. The highest BCUT2D eigenvalue weighted by atomic mass is 16.6. The first kappa shape index (κ1) is 13.7. The molecule has 108 valence electrons. The molecule has 0 aliphatic carbocycles. The van der Waals surface area contributed by atoms with Crippen LogP contribution in [0.1, 0.15) is 24.5 Å². The van der Waals surface area contributed by atoms with E-state index in [1.807, 2.05) is 48.5 Å². The number of carbonyl (C=O) groups excluding carboxylic acids is 1. The molecule has 3 heteroatoms. The van der Waals surface area contributed by atoms with Crippen LogP contribution in [0.5, 0.6) is 0 Å². The van der Waals surface area contributed by atoms with Crippen molar-refractivity contribution in [3.63, 3.8) is 0 Å². The van der Waals surface area contributed by atoms with E-state index in [1.54, 1.807) is 4.90 Å². The van der Waals surface area contributed by atoms with Gasteiger partial charge in [-0.2, -0.15) is 0 Å². The third kappa shape index (κ3) is 2.92. The molecule has 0 bridgehead atoms. The second kappa shape index (κ2) is 6.00. The van der Waals surface area contributed by atoms with Gasteiger partial charge in [-0.15, -0.1) is 0 Å². The molecule has 2 aromatic rings. The van der Waals surface area contributed by atoms with Gasteiger partial charge in [-0.05, 0) is 37.0 Å². The Bertz CT molecular complexity index is 624. The molecule has 1 aliphatic heterocycles. The molecular formula is C18H19NO2. The molecule has 3 nitrogen and oxygen atoms in total. The first-order valence-corrected chi connectivity index (χ1v) is 7.33. The van der Waals surface area contributed by atoms with Crippen LogP contribution in [0.15, 0.2) is 54.6 Å². The van der Waals surface area contributed by atoms with E-state index in [0.717, 1.165) is 24.1 Å². The summed E-state index contributed by atoms with van der Waals surface area (Å²) in [6, 6.07) is 18.0. The lowest BCUT2D eigenvalue weighted by Gasteiger charge is -2.34. The first-order valence-electron chi connectivity index (χ1n) is 7.33. The van der Waals surface area contributed by atoms with Gasteiger partial charge >= 0.3 is 6.09 Å². The Labute approximate surface area is 125 Å². The molecule has 0 radical (unpaired) electrons. The molecule has 0 saturated heterocycles. The van der Waals surface area contributed by atoms with Crippen LogP contribution in [0.25, 0.3) is 0 Å². The number of nitrogens with zero attached hydrogens (tertiary/aromatic N) is 1. The fraction of sp³-hybridized carbons (Fsp3) is 0.278. The van der Waals surface area contributed by atoms with Crippen LogP contribution in [0, 0.1) is 0 Å². The SMILES string of the molecule is CC1CCc2ccccc2N1C(=O)OCc1ccccc1. The van der Waals surface area contributed by atoms with Gasteiger partial charge in [-0.1, -0.05) is 48.5 Å². The summed E-state index contributed by atoms with van der Waals surface area (Å²) in [5.74, 6) is 0. The van der Waals surface area contributed by atoms with Gasteiger partial charge in [0.05, 0.1) is 5.69 Å². The Morgan fingerprint density at radius 3 is 2.67 bits per heavy atom. The number of rotatable bonds is 2. The van der Waals surface area contributed by atoms with Gasteiger partial charge in [0.25, 0.3) is 0 Å². The summed E-state index contributed by atoms with van der Waals surface area (Å²) in [4.78, 5) is 14.2. The summed E-state index contributed by atoms with van der Waals surface area (Å²) in [5, 5.41) is 0. The van der Waals surface area contributed by atoms with Gasteiger partial charge in [-0.3, -0.25) is 4.90 Å². The van der Waals surface area contributed by atoms with Gasteiger partial charge in [0.15, 0.2) is 0 Å². The number of hydrogen-bond acceptors (Lipinski definition) is 2. The highest BCUT2D eigenvalue weighted by Gasteiger charge is 2.28. The molecule has 1 unspecified atom stereocenters. The summed E-state index contributed by atoms with van der Waals surface area (Å²) in [5.41, 5.74) is 3.20. The van der Waals surface area contributed by atoms with E-state index in [4.69, 9.17) is 4.74 Å². The van der Waals surface area contributed by atoms with E-state index in [2.05, 4.69) is 13.0 Å². The Hall–Kier alpha value is -2.29. The van der Waals surface area contributed by atoms with E-state index in [9.17, 15) is 4.79 Å². The number of ether oxygens (including phenoxy) is 1. The van der Waals surface area contributed by atoms with Crippen molar-refractivity contribution < 1.29 is 9.53 Å². The first-order chi connectivity index (χ1) is 10.3. The van der Waals surface area contributed by atoms with Crippen LogP contribution < -0.4 is 4.90 Å². The van der Waals surface area contributed by atoms with Crippen molar-refractivity contribution in [1.82, 2.24) is 0 Å². The highest BCUT2D eigenvalue weighted by Crippen LogP contribution is 2.31. The van der Waals surface area contributed by atoms with Crippen LogP contribution in [0.4, 0.5) is 10.5 Å². The molecular weight excluding hydrogens is 262 g/mol.